The number of aryl methyl sites for hydroxylation is 2. The standard InChI is InChI=1S/C8H14N4/c1-4-12-8(9-10-11-12)6-5-7(2)3/h2,4-6H2,1,3H3. The lowest BCUT2D eigenvalue weighted by Crippen LogP contribution is -2.03. The number of nitrogens with zero attached hydrogens (tertiary/aromatic N) is 4. The molecule has 12 heavy (non-hydrogen) atoms. The van der Waals surface area contributed by atoms with Crippen LogP contribution >= 0.6 is 0 Å². The van der Waals surface area contributed by atoms with Crippen molar-refractivity contribution in [3.8, 4) is 0 Å². The summed E-state index contributed by atoms with van der Waals surface area (Å²) >= 11 is 0. The van der Waals surface area contributed by atoms with Gasteiger partial charge in [0.2, 0.25) is 0 Å². The molecule has 0 atom stereocenters. The highest BCUT2D eigenvalue weighted by Crippen LogP contribution is 2.02. The molecule has 0 saturated heterocycles. The van der Waals surface area contributed by atoms with E-state index in [0.29, 0.717) is 0 Å². The molecule has 0 bridgehead atoms. The van der Waals surface area contributed by atoms with Gasteiger partial charge in [-0.05, 0) is 30.7 Å². The average molecular weight is 166 g/mol. The van der Waals surface area contributed by atoms with Crippen molar-refractivity contribution in [1.82, 2.24) is 20.2 Å². The van der Waals surface area contributed by atoms with Gasteiger partial charge in [0.05, 0.1) is 0 Å². The van der Waals surface area contributed by atoms with Crippen LogP contribution in [0.1, 0.15) is 26.1 Å². The molecule has 4 heteroatoms. The van der Waals surface area contributed by atoms with Crippen molar-refractivity contribution in [1.29, 1.82) is 0 Å². The predicted octanol–water partition coefficient (Wildman–Crippen LogP) is 1.20. The minimum absolute atomic E-state index is 0.832. The molecule has 0 N–H and O–H groups in total. The lowest BCUT2D eigenvalue weighted by molar-refractivity contribution is 0.594. The maximum absolute atomic E-state index is 3.92. The second kappa shape index (κ2) is 3.99. The van der Waals surface area contributed by atoms with Crippen molar-refractivity contribution in [3.63, 3.8) is 0 Å². The Balaban J connectivity index is 2.56. The van der Waals surface area contributed by atoms with Crippen molar-refractivity contribution >= 4 is 0 Å². The second-order valence-electron chi connectivity index (χ2n) is 2.87. The monoisotopic (exact) mass is 166 g/mol. The van der Waals surface area contributed by atoms with Crippen molar-refractivity contribution in [2.75, 3.05) is 0 Å². The van der Waals surface area contributed by atoms with Crippen LogP contribution in [0.5, 0.6) is 0 Å². The van der Waals surface area contributed by atoms with E-state index in [0.717, 1.165) is 25.2 Å². The summed E-state index contributed by atoms with van der Waals surface area (Å²) in [6, 6.07) is 0. The first-order chi connectivity index (χ1) is 5.74. The fraction of sp³-hybridized carbons (Fsp3) is 0.625. The highest BCUT2D eigenvalue weighted by molar-refractivity contribution is 4.93. The zero-order chi connectivity index (χ0) is 8.97. The number of rotatable bonds is 4. The molecule has 1 rings (SSSR count). The molecule has 0 aromatic carbocycles. The minimum Gasteiger partial charge on any atom is -0.230 e. The van der Waals surface area contributed by atoms with Gasteiger partial charge in [-0.3, -0.25) is 0 Å². The van der Waals surface area contributed by atoms with Crippen LogP contribution in [0, 0.1) is 0 Å². The Labute approximate surface area is 72.3 Å². The van der Waals surface area contributed by atoms with Crippen molar-refractivity contribution in [3.05, 3.63) is 18.0 Å². The zero-order valence-electron chi connectivity index (χ0n) is 7.62. The van der Waals surface area contributed by atoms with E-state index in [1.54, 1.807) is 0 Å². The van der Waals surface area contributed by atoms with E-state index in [4.69, 9.17) is 0 Å². The van der Waals surface area contributed by atoms with E-state index >= 15 is 0 Å². The van der Waals surface area contributed by atoms with Crippen LogP contribution in [0.3, 0.4) is 0 Å². The van der Waals surface area contributed by atoms with Crippen LogP contribution in [0.15, 0.2) is 12.2 Å². The minimum atomic E-state index is 0.832. The summed E-state index contributed by atoms with van der Waals surface area (Å²) in [5.41, 5.74) is 1.17. The summed E-state index contributed by atoms with van der Waals surface area (Å²) in [7, 11) is 0. The molecule has 0 spiro atoms. The Kier molecular flexibility index (Phi) is 2.96. The van der Waals surface area contributed by atoms with Gasteiger partial charge in [0.25, 0.3) is 0 Å². The molecule has 66 valence electrons. The molecule has 0 fully saturated rings. The summed E-state index contributed by atoms with van der Waals surface area (Å²) < 4.78 is 1.81. The van der Waals surface area contributed by atoms with Gasteiger partial charge in [-0.1, -0.05) is 5.57 Å². The smallest absolute Gasteiger partial charge is 0.151 e. The van der Waals surface area contributed by atoms with Gasteiger partial charge in [-0.15, -0.1) is 11.7 Å². The molecular formula is C8H14N4. The lowest BCUT2D eigenvalue weighted by atomic mass is 10.2. The molecule has 0 aliphatic rings. The summed E-state index contributed by atoms with van der Waals surface area (Å²) in [5, 5.41) is 11.4. The fourth-order valence-electron chi connectivity index (χ4n) is 0.973. The van der Waals surface area contributed by atoms with Gasteiger partial charge < -0.3 is 0 Å². The number of hydrogen-bond donors (Lipinski definition) is 0. The highest BCUT2D eigenvalue weighted by atomic mass is 15.5. The number of hydrogen-bond acceptors (Lipinski definition) is 3. The van der Waals surface area contributed by atoms with Crippen LogP contribution in [0.2, 0.25) is 0 Å². The molecule has 4 nitrogen and oxygen atoms in total. The Morgan fingerprint density at radius 1 is 1.58 bits per heavy atom. The van der Waals surface area contributed by atoms with Crippen LogP contribution in [-0.2, 0) is 13.0 Å². The zero-order valence-corrected chi connectivity index (χ0v) is 7.62. The first-order valence-corrected chi connectivity index (χ1v) is 4.13. The van der Waals surface area contributed by atoms with Crippen LogP contribution in [0.25, 0.3) is 0 Å². The molecule has 0 saturated carbocycles. The Morgan fingerprint density at radius 2 is 2.33 bits per heavy atom. The quantitative estimate of drug-likeness (QED) is 0.631. The highest BCUT2D eigenvalue weighted by Gasteiger charge is 2.02. The molecular weight excluding hydrogens is 152 g/mol. The first-order valence-electron chi connectivity index (χ1n) is 4.13. The van der Waals surface area contributed by atoms with Crippen molar-refractivity contribution < 1.29 is 0 Å². The van der Waals surface area contributed by atoms with Gasteiger partial charge in [-0.25, -0.2) is 4.68 Å². The fourth-order valence-corrected chi connectivity index (χ4v) is 0.973. The largest absolute Gasteiger partial charge is 0.230 e. The first kappa shape index (κ1) is 8.90. The molecule has 0 radical (unpaired) electrons. The average Bonchev–Trinajstić information content (AvgIpc) is 2.47. The summed E-state index contributed by atoms with van der Waals surface area (Å²) in [6.45, 7) is 8.71. The molecule has 1 aromatic rings. The Hall–Kier alpha value is -1.19. The number of allylic oxidation sites excluding steroid dienone is 1. The molecule has 1 heterocycles. The summed E-state index contributed by atoms with van der Waals surface area (Å²) in [6.07, 6.45) is 1.84. The van der Waals surface area contributed by atoms with E-state index in [9.17, 15) is 0 Å². The third-order valence-corrected chi connectivity index (χ3v) is 1.68. The Bertz CT molecular complexity index is 264. The third kappa shape index (κ3) is 2.15. The van der Waals surface area contributed by atoms with E-state index in [1.807, 2.05) is 18.5 Å². The third-order valence-electron chi connectivity index (χ3n) is 1.68. The van der Waals surface area contributed by atoms with Gasteiger partial charge in [0, 0.05) is 13.0 Å². The van der Waals surface area contributed by atoms with Crippen molar-refractivity contribution in [2.24, 2.45) is 0 Å². The van der Waals surface area contributed by atoms with E-state index < -0.39 is 0 Å². The maximum atomic E-state index is 3.92. The van der Waals surface area contributed by atoms with E-state index in [-0.39, 0.29) is 0 Å². The van der Waals surface area contributed by atoms with Gasteiger partial charge >= 0.3 is 0 Å². The number of tetrazole rings is 1. The second-order valence-corrected chi connectivity index (χ2v) is 2.87. The van der Waals surface area contributed by atoms with E-state index in [2.05, 4.69) is 22.1 Å². The SMILES string of the molecule is C=C(C)CCc1nnnn1CC. The molecule has 0 aliphatic carbocycles. The lowest BCUT2D eigenvalue weighted by Gasteiger charge is -1.99. The normalized spacial score (nSPS) is 10.2. The summed E-state index contributed by atoms with van der Waals surface area (Å²) in [4.78, 5) is 0. The number of aromatic nitrogens is 4. The molecule has 0 amide bonds. The van der Waals surface area contributed by atoms with E-state index in [1.165, 1.54) is 5.57 Å². The van der Waals surface area contributed by atoms with Crippen molar-refractivity contribution in [2.45, 2.75) is 33.2 Å². The topological polar surface area (TPSA) is 43.6 Å². The van der Waals surface area contributed by atoms with Gasteiger partial charge in [0.15, 0.2) is 5.82 Å². The maximum Gasteiger partial charge on any atom is 0.151 e. The van der Waals surface area contributed by atoms with Gasteiger partial charge in [-0.2, -0.15) is 0 Å². The van der Waals surface area contributed by atoms with Crippen LogP contribution in [-0.4, -0.2) is 20.2 Å². The summed E-state index contributed by atoms with van der Waals surface area (Å²) in [5.74, 6) is 0.945. The predicted molar refractivity (Wildman–Crippen MR) is 46.6 cm³/mol. The Morgan fingerprint density at radius 3 is 2.92 bits per heavy atom. The molecule has 0 aliphatic heterocycles. The molecule has 0 unspecified atom stereocenters. The van der Waals surface area contributed by atoms with Crippen LogP contribution in [0.4, 0.5) is 0 Å². The molecule has 1 aromatic heterocycles. The van der Waals surface area contributed by atoms with Gasteiger partial charge in [0.1, 0.15) is 0 Å². The van der Waals surface area contributed by atoms with Crippen LogP contribution < -0.4 is 0 Å².